The Labute approximate surface area is 139 Å². The standard InChI is InChI=1S/C17H32N2O4/c1-6-22-14-9-12(15(14)21-5)18-10-13(11-7-8-11)19-16(20)23-17(2,3)4/h11-15,18H,6-10H2,1-5H3,(H,19,20). The first kappa shape index (κ1) is 18.5. The minimum atomic E-state index is -0.467. The van der Waals surface area contributed by atoms with Gasteiger partial charge in [0.25, 0.3) is 0 Å². The molecule has 4 atom stereocenters. The third-order valence-electron chi connectivity index (χ3n) is 4.40. The van der Waals surface area contributed by atoms with Crippen LogP contribution in [0.2, 0.25) is 0 Å². The average Bonchev–Trinajstić information content (AvgIpc) is 3.23. The summed E-state index contributed by atoms with van der Waals surface area (Å²) in [5, 5.41) is 6.54. The van der Waals surface area contributed by atoms with E-state index in [0.29, 0.717) is 18.6 Å². The molecule has 2 N–H and O–H groups in total. The maximum Gasteiger partial charge on any atom is 0.407 e. The van der Waals surface area contributed by atoms with Crippen molar-refractivity contribution in [2.75, 3.05) is 20.3 Å². The molecule has 2 aliphatic carbocycles. The van der Waals surface area contributed by atoms with Crippen LogP contribution in [-0.2, 0) is 14.2 Å². The topological polar surface area (TPSA) is 68.8 Å². The third-order valence-corrected chi connectivity index (χ3v) is 4.40. The van der Waals surface area contributed by atoms with E-state index in [1.165, 1.54) is 12.8 Å². The van der Waals surface area contributed by atoms with Crippen LogP contribution >= 0.6 is 0 Å². The van der Waals surface area contributed by atoms with Gasteiger partial charge < -0.3 is 24.8 Å². The second-order valence-corrected chi connectivity index (χ2v) is 7.53. The van der Waals surface area contributed by atoms with Gasteiger partial charge in [0, 0.05) is 32.3 Å². The van der Waals surface area contributed by atoms with Crippen LogP contribution in [0.1, 0.15) is 47.0 Å². The van der Waals surface area contributed by atoms with Crippen LogP contribution in [0.5, 0.6) is 0 Å². The van der Waals surface area contributed by atoms with Crippen molar-refractivity contribution in [3.8, 4) is 0 Å². The fraction of sp³-hybridized carbons (Fsp3) is 0.941. The van der Waals surface area contributed by atoms with Crippen LogP contribution in [-0.4, -0.2) is 56.2 Å². The zero-order valence-corrected chi connectivity index (χ0v) is 15.1. The molecule has 0 aromatic heterocycles. The van der Waals surface area contributed by atoms with Gasteiger partial charge in [-0.1, -0.05) is 0 Å². The molecule has 2 aliphatic rings. The second-order valence-electron chi connectivity index (χ2n) is 7.53. The molecule has 2 saturated carbocycles. The van der Waals surface area contributed by atoms with Gasteiger partial charge in [0.15, 0.2) is 0 Å². The summed E-state index contributed by atoms with van der Waals surface area (Å²) in [5.41, 5.74) is -0.467. The van der Waals surface area contributed by atoms with Crippen LogP contribution in [0.15, 0.2) is 0 Å². The molecule has 0 saturated heterocycles. The Morgan fingerprint density at radius 3 is 2.52 bits per heavy atom. The number of hydrogen-bond donors (Lipinski definition) is 2. The number of hydrogen-bond acceptors (Lipinski definition) is 5. The molecule has 134 valence electrons. The largest absolute Gasteiger partial charge is 0.444 e. The summed E-state index contributed by atoms with van der Waals surface area (Å²) in [5.74, 6) is 0.554. The number of methoxy groups -OCH3 is 1. The van der Waals surface area contributed by atoms with E-state index in [9.17, 15) is 4.79 Å². The summed E-state index contributed by atoms with van der Waals surface area (Å²) in [6.45, 7) is 9.09. The molecule has 0 radical (unpaired) electrons. The molecule has 0 aliphatic heterocycles. The summed E-state index contributed by atoms with van der Waals surface area (Å²) in [6, 6.07) is 0.409. The molecule has 0 spiro atoms. The van der Waals surface area contributed by atoms with Crippen LogP contribution < -0.4 is 10.6 Å². The van der Waals surface area contributed by atoms with Crippen LogP contribution in [0, 0.1) is 5.92 Å². The maximum absolute atomic E-state index is 12.0. The number of alkyl carbamates (subject to hydrolysis) is 1. The lowest BCUT2D eigenvalue weighted by Gasteiger charge is -2.44. The summed E-state index contributed by atoms with van der Waals surface area (Å²) < 4.78 is 16.5. The van der Waals surface area contributed by atoms with E-state index in [-0.39, 0.29) is 24.3 Å². The first-order valence-corrected chi connectivity index (χ1v) is 8.71. The van der Waals surface area contributed by atoms with Gasteiger partial charge in [-0.2, -0.15) is 0 Å². The quantitative estimate of drug-likeness (QED) is 0.714. The summed E-state index contributed by atoms with van der Waals surface area (Å²) in [7, 11) is 1.72. The van der Waals surface area contributed by atoms with Crippen molar-refractivity contribution in [3.63, 3.8) is 0 Å². The summed E-state index contributed by atoms with van der Waals surface area (Å²) in [6.07, 6.45) is 3.23. The molecular formula is C17H32N2O4. The van der Waals surface area contributed by atoms with Gasteiger partial charge in [0.2, 0.25) is 0 Å². The Hall–Kier alpha value is -0.850. The monoisotopic (exact) mass is 328 g/mol. The molecule has 0 aromatic carbocycles. The number of amides is 1. The van der Waals surface area contributed by atoms with Crippen molar-refractivity contribution in [2.24, 2.45) is 5.92 Å². The molecule has 6 heteroatoms. The van der Waals surface area contributed by atoms with E-state index in [0.717, 1.165) is 13.0 Å². The number of carbonyl (C=O) groups excluding carboxylic acids is 1. The average molecular weight is 328 g/mol. The molecule has 6 nitrogen and oxygen atoms in total. The normalized spacial score (nSPS) is 28.8. The Bertz CT molecular complexity index is 393. The molecule has 2 fully saturated rings. The highest BCUT2D eigenvalue weighted by atomic mass is 16.6. The number of nitrogens with one attached hydrogen (secondary N) is 2. The lowest BCUT2D eigenvalue weighted by molar-refractivity contribution is -0.131. The molecule has 23 heavy (non-hydrogen) atoms. The van der Waals surface area contributed by atoms with Crippen LogP contribution in [0.4, 0.5) is 4.79 Å². The van der Waals surface area contributed by atoms with Crippen molar-refractivity contribution in [1.82, 2.24) is 10.6 Å². The fourth-order valence-electron chi connectivity index (χ4n) is 3.05. The first-order valence-electron chi connectivity index (χ1n) is 8.71. The number of carbonyl (C=O) groups is 1. The Morgan fingerprint density at radius 1 is 1.30 bits per heavy atom. The molecule has 0 aromatic rings. The minimum Gasteiger partial charge on any atom is -0.444 e. The third kappa shape index (κ3) is 5.62. The predicted octanol–water partition coefficient (Wildman–Crippen LogP) is 2.07. The lowest BCUT2D eigenvalue weighted by atomic mass is 9.85. The molecular weight excluding hydrogens is 296 g/mol. The first-order chi connectivity index (χ1) is 10.8. The van der Waals surface area contributed by atoms with Crippen molar-refractivity contribution in [2.45, 2.75) is 76.9 Å². The van der Waals surface area contributed by atoms with Gasteiger partial charge in [0.1, 0.15) is 5.60 Å². The highest BCUT2D eigenvalue weighted by molar-refractivity contribution is 5.68. The van der Waals surface area contributed by atoms with Crippen LogP contribution in [0.25, 0.3) is 0 Å². The Morgan fingerprint density at radius 2 is 2.00 bits per heavy atom. The Balaban J connectivity index is 1.76. The molecule has 4 unspecified atom stereocenters. The van der Waals surface area contributed by atoms with Gasteiger partial charge in [-0.25, -0.2) is 4.79 Å². The van der Waals surface area contributed by atoms with E-state index in [4.69, 9.17) is 14.2 Å². The minimum absolute atomic E-state index is 0.0938. The summed E-state index contributed by atoms with van der Waals surface area (Å²) >= 11 is 0. The molecule has 0 heterocycles. The van der Waals surface area contributed by atoms with Gasteiger partial charge in [-0.05, 0) is 52.9 Å². The van der Waals surface area contributed by atoms with Crippen molar-refractivity contribution < 1.29 is 19.0 Å². The molecule has 2 rings (SSSR count). The highest BCUT2D eigenvalue weighted by Gasteiger charge is 2.43. The highest BCUT2D eigenvalue weighted by Crippen LogP contribution is 2.33. The van der Waals surface area contributed by atoms with Gasteiger partial charge in [-0.3, -0.25) is 0 Å². The van der Waals surface area contributed by atoms with E-state index in [1.807, 2.05) is 27.7 Å². The molecule has 1 amide bonds. The number of rotatable bonds is 8. The second kappa shape index (κ2) is 7.81. The maximum atomic E-state index is 12.0. The van der Waals surface area contributed by atoms with Crippen molar-refractivity contribution >= 4 is 6.09 Å². The molecule has 0 bridgehead atoms. The van der Waals surface area contributed by atoms with E-state index in [2.05, 4.69) is 10.6 Å². The van der Waals surface area contributed by atoms with E-state index >= 15 is 0 Å². The van der Waals surface area contributed by atoms with Crippen molar-refractivity contribution in [3.05, 3.63) is 0 Å². The SMILES string of the molecule is CCOC1CC(NCC(NC(=O)OC(C)(C)C)C2CC2)C1OC. The van der Waals surface area contributed by atoms with Crippen LogP contribution in [0.3, 0.4) is 0 Å². The van der Waals surface area contributed by atoms with E-state index in [1.54, 1.807) is 7.11 Å². The van der Waals surface area contributed by atoms with Gasteiger partial charge >= 0.3 is 6.09 Å². The van der Waals surface area contributed by atoms with E-state index < -0.39 is 5.60 Å². The predicted molar refractivity (Wildman–Crippen MR) is 88.5 cm³/mol. The van der Waals surface area contributed by atoms with Gasteiger partial charge in [0.05, 0.1) is 12.2 Å². The summed E-state index contributed by atoms with van der Waals surface area (Å²) in [4.78, 5) is 12.0. The Kier molecular flexibility index (Phi) is 6.28. The fourth-order valence-corrected chi connectivity index (χ4v) is 3.05. The number of ether oxygens (including phenoxy) is 3. The zero-order valence-electron chi connectivity index (χ0n) is 15.1. The smallest absolute Gasteiger partial charge is 0.407 e. The lowest BCUT2D eigenvalue weighted by Crippen LogP contribution is -2.61. The van der Waals surface area contributed by atoms with Gasteiger partial charge in [-0.15, -0.1) is 0 Å². The van der Waals surface area contributed by atoms with Crippen molar-refractivity contribution in [1.29, 1.82) is 0 Å². The zero-order chi connectivity index (χ0) is 17.0.